The van der Waals surface area contributed by atoms with E-state index in [1.165, 1.54) is 12.1 Å². The number of benzene rings is 1. The van der Waals surface area contributed by atoms with Crippen molar-refractivity contribution >= 4 is 11.8 Å². The summed E-state index contributed by atoms with van der Waals surface area (Å²) in [6.45, 7) is 4.27. The van der Waals surface area contributed by atoms with Gasteiger partial charge in [-0.15, -0.1) is 0 Å². The molecule has 5 heteroatoms. The number of rotatable bonds is 6. The van der Waals surface area contributed by atoms with Crippen molar-refractivity contribution < 1.29 is 13.2 Å². The predicted molar refractivity (Wildman–Crippen MR) is 75.3 cm³/mol. The van der Waals surface area contributed by atoms with E-state index in [-0.39, 0.29) is 6.04 Å². The Hall–Kier alpha value is -0.680. The van der Waals surface area contributed by atoms with Gasteiger partial charge in [0.2, 0.25) is 0 Å². The van der Waals surface area contributed by atoms with Crippen molar-refractivity contribution in [1.82, 2.24) is 0 Å². The van der Waals surface area contributed by atoms with Gasteiger partial charge in [-0.2, -0.15) is 24.9 Å². The van der Waals surface area contributed by atoms with Gasteiger partial charge in [0.25, 0.3) is 0 Å². The van der Waals surface area contributed by atoms with Crippen LogP contribution in [0.4, 0.5) is 13.2 Å². The number of halogens is 3. The van der Waals surface area contributed by atoms with Crippen LogP contribution < -0.4 is 5.73 Å². The first-order valence-electron chi connectivity index (χ1n) is 6.36. The highest BCUT2D eigenvalue weighted by molar-refractivity contribution is 7.99. The minimum absolute atomic E-state index is 0.0178. The second-order valence-electron chi connectivity index (χ2n) is 4.71. The molecule has 0 saturated carbocycles. The lowest BCUT2D eigenvalue weighted by Gasteiger charge is -2.15. The fourth-order valence-electron chi connectivity index (χ4n) is 1.60. The second-order valence-corrected chi connectivity index (χ2v) is 6.18. The van der Waals surface area contributed by atoms with Crippen LogP contribution in [0.3, 0.4) is 0 Å². The molecule has 2 unspecified atom stereocenters. The van der Waals surface area contributed by atoms with E-state index in [2.05, 4.69) is 13.8 Å². The Labute approximate surface area is 116 Å². The van der Waals surface area contributed by atoms with Crippen molar-refractivity contribution in [1.29, 1.82) is 0 Å². The van der Waals surface area contributed by atoms with Crippen LogP contribution in [0.5, 0.6) is 0 Å². The molecule has 0 aromatic heterocycles. The molecule has 2 atom stereocenters. The number of thioether (sulfide) groups is 1. The second kappa shape index (κ2) is 7.20. The van der Waals surface area contributed by atoms with Crippen LogP contribution in [0.2, 0.25) is 0 Å². The third kappa shape index (κ3) is 5.87. The van der Waals surface area contributed by atoms with Crippen molar-refractivity contribution in [3.05, 3.63) is 35.4 Å². The number of hydrogen-bond acceptors (Lipinski definition) is 2. The monoisotopic (exact) mass is 291 g/mol. The summed E-state index contributed by atoms with van der Waals surface area (Å²) in [7, 11) is 0. The van der Waals surface area contributed by atoms with Crippen molar-refractivity contribution in [2.45, 2.75) is 44.2 Å². The summed E-state index contributed by atoms with van der Waals surface area (Å²) in [6.07, 6.45) is -2.56. The van der Waals surface area contributed by atoms with E-state index in [1.807, 2.05) is 0 Å². The fraction of sp³-hybridized carbons (Fsp3) is 0.571. The van der Waals surface area contributed by atoms with E-state index in [4.69, 9.17) is 5.73 Å². The SMILES string of the molecule is CCC(C)SCC(N)Cc1ccc(C(F)(F)F)cc1. The highest BCUT2D eigenvalue weighted by atomic mass is 32.2. The minimum Gasteiger partial charge on any atom is -0.327 e. The van der Waals surface area contributed by atoms with Gasteiger partial charge in [-0.25, -0.2) is 0 Å². The van der Waals surface area contributed by atoms with Gasteiger partial charge in [-0.3, -0.25) is 0 Å². The largest absolute Gasteiger partial charge is 0.416 e. The Morgan fingerprint density at radius 3 is 2.26 bits per heavy atom. The standard InChI is InChI=1S/C14H20F3NS/c1-3-10(2)19-9-13(18)8-11-4-6-12(7-5-11)14(15,16)17/h4-7,10,13H,3,8-9,18H2,1-2H3. The number of nitrogens with two attached hydrogens (primary N) is 1. The Balaban J connectivity index is 2.49. The molecular formula is C14H20F3NS. The van der Waals surface area contributed by atoms with E-state index in [1.54, 1.807) is 11.8 Å². The molecule has 19 heavy (non-hydrogen) atoms. The highest BCUT2D eigenvalue weighted by Crippen LogP contribution is 2.29. The molecule has 0 spiro atoms. The van der Waals surface area contributed by atoms with Gasteiger partial charge in [0.15, 0.2) is 0 Å². The zero-order chi connectivity index (χ0) is 14.5. The average molecular weight is 291 g/mol. The lowest BCUT2D eigenvalue weighted by atomic mass is 10.1. The predicted octanol–water partition coefficient (Wildman–Crippen LogP) is 4.11. The number of alkyl halides is 3. The normalized spacial score (nSPS) is 15.3. The minimum atomic E-state index is -4.27. The quantitative estimate of drug-likeness (QED) is 0.853. The third-order valence-corrected chi connectivity index (χ3v) is 4.47. The summed E-state index contributed by atoms with van der Waals surface area (Å²) >= 11 is 1.81. The van der Waals surface area contributed by atoms with Crippen molar-refractivity contribution in [2.75, 3.05) is 5.75 Å². The average Bonchev–Trinajstić information content (AvgIpc) is 2.35. The molecule has 0 aliphatic rings. The van der Waals surface area contributed by atoms with Crippen LogP contribution in [0, 0.1) is 0 Å². The fourth-order valence-corrected chi connectivity index (χ4v) is 2.53. The first-order chi connectivity index (χ1) is 8.82. The van der Waals surface area contributed by atoms with Crippen LogP contribution in [-0.4, -0.2) is 17.0 Å². The Morgan fingerprint density at radius 2 is 1.79 bits per heavy atom. The molecule has 0 fully saturated rings. The molecule has 0 aliphatic carbocycles. The molecule has 0 bridgehead atoms. The van der Waals surface area contributed by atoms with Gasteiger partial charge in [0.1, 0.15) is 0 Å². The molecule has 0 saturated heterocycles. The summed E-state index contributed by atoms with van der Waals surface area (Å²) < 4.78 is 37.2. The van der Waals surface area contributed by atoms with Gasteiger partial charge in [-0.05, 0) is 30.5 Å². The summed E-state index contributed by atoms with van der Waals surface area (Å²) in [5.74, 6) is 0.829. The van der Waals surface area contributed by atoms with Crippen LogP contribution in [-0.2, 0) is 12.6 Å². The maximum absolute atomic E-state index is 12.4. The van der Waals surface area contributed by atoms with Crippen LogP contribution in [0.25, 0.3) is 0 Å². The van der Waals surface area contributed by atoms with Crippen molar-refractivity contribution in [3.8, 4) is 0 Å². The Bertz CT molecular complexity index is 375. The van der Waals surface area contributed by atoms with E-state index in [0.29, 0.717) is 11.7 Å². The maximum atomic E-state index is 12.4. The maximum Gasteiger partial charge on any atom is 0.416 e. The van der Waals surface area contributed by atoms with Gasteiger partial charge in [0, 0.05) is 17.0 Å². The van der Waals surface area contributed by atoms with E-state index in [0.717, 1.165) is 29.9 Å². The Kier molecular flexibility index (Phi) is 6.20. The Morgan fingerprint density at radius 1 is 1.21 bits per heavy atom. The van der Waals surface area contributed by atoms with E-state index < -0.39 is 11.7 Å². The van der Waals surface area contributed by atoms with Gasteiger partial charge < -0.3 is 5.73 Å². The molecule has 0 aliphatic heterocycles. The lowest BCUT2D eigenvalue weighted by molar-refractivity contribution is -0.137. The van der Waals surface area contributed by atoms with Crippen LogP contribution in [0.1, 0.15) is 31.4 Å². The zero-order valence-corrected chi connectivity index (χ0v) is 12.0. The van der Waals surface area contributed by atoms with Crippen molar-refractivity contribution in [3.63, 3.8) is 0 Å². The van der Waals surface area contributed by atoms with E-state index in [9.17, 15) is 13.2 Å². The number of hydrogen-bond donors (Lipinski definition) is 1. The highest BCUT2D eigenvalue weighted by Gasteiger charge is 2.29. The molecule has 2 N–H and O–H groups in total. The molecule has 1 nitrogen and oxygen atoms in total. The summed E-state index contributed by atoms with van der Waals surface area (Å²) in [4.78, 5) is 0. The summed E-state index contributed by atoms with van der Waals surface area (Å²) in [6, 6.07) is 5.23. The van der Waals surface area contributed by atoms with Gasteiger partial charge in [-0.1, -0.05) is 26.0 Å². The summed E-state index contributed by atoms with van der Waals surface area (Å²) in [5, 5.41) is 0.568. The topological polar surface area (TPSA) is 26.0 Å². The summed E-state index contributed by atoms with van der Waals surface area (Å²) in [5.41, 5.74) is 6.23. The molecule has 1 aromatic carbocycles. The van der Waals surface area contributed by atoms with Gasteiger partial charge >= 0.3 is 6.18 Å². The molecular weight excluding hydrogens is 271 g/mol. The van der Waals surface area contributed by atoms with Crippen LogP contribution in [0.15, 0.2) is 24.3 Å². The van der Waals surface area contributed by atoms with Gasteiger partial charge in [0.05, 0.1) is 5.56 Å². The molecule has 1 aromatic rings. The first-order valence-corrected chi connectivity index (χ1v) is 7.41. The smallest absolute Gasteiger partial charge is 0.327 e. The molecule has 0 amide bonds. The third-order valence-electron chi connectivity index (χ3n) is 2.95. The zero-order valence-electron chi connectivity index (χ0n) is 11.2. The van der Waals surface area contributed by atoms with Crippen molar-refractivity contribution in [2.24, 2.45) is 5.73 Å². The van der Waals surface area contributed by atoms with Crippen LogP contribution >= 0.6 is 11.8 Å². The van der Waals surface area contributed by atoms with E-state index >= 15 is 0 Å². The molecule has 1 rings (SSSR count). The molecule has 0 radical (unpaired) electrons. The molecule has 0 heterocycles. The molecule has 108 valence electrons. The first kappa shape index (κ1) is 16.4. The lowest BCUT2D eigenvalue weighted by Crippen LogP contribution is -2.26.